The number of nitrogens with one attached hydrogen (secondary N) is 1. The minimum absolute atomic E-state index is 0.166. The topological polar surface area (TPSA) is 88.5 Å². The molecule has 0 fully saturated rings. The van der Waals surface area contributed by atoms with E-state index in [0.29, 0.717) is 27.1 Å². The lowest BCUT2D eigenvalue weighted by Crippen LogP contribution is -2.38. The van der Waals surface area contributed by atoms with Crippen molar-refractivity contribution in [3.05, 3.63) is 87.0 Å². The van der Waals surface area contributed by atoms with Gasteiger partial charge in [-0.3, -0.25) is 18.5 Å². The highest BCUT2D eigenvalue weighted by atomic mass is 35.5. The van der Waals surface area contributed by atoms with Crippen LogP contribution >= 0.6 is 22.9 Å². The van der Waals surface area contributed by atoms with Crippen molar-refractivity contribution in [3.63, 3.8) is 0 Å². The van der Waals surface area contributed by atoms with E-state index in [-0.39, 0.29) is 20.5 Å². The average Bonchev–Trinajstić information content (AvgIpc) is 3.16. The molecule has 0 unspecified atom stereocenters. The third-order valence-electron chi connectivity index (χ3n) is 5.43. The molecule has 0 atom stereocenters. The number of aromatic nitrogens is 1. The molecule has 0 aliphatic rings. The first kappa shape index (κ1) is 26.7. The van der Waals surface area contributed by atoms with Gasteiger partial charge in [0.2, 0.25) is 5.91 Å². The van der Waals surface area contributed by atoms with E-state index in [2.05, 4.69) is 5.32 Å². The van der Waals surface area contributed by atoms with Gasteiger partial charge in [0.1, 0.15) is 6.54 Å². The van der Waals surface area contributed by atoms with E-state index in [9.17, 15) is 31.2 Å². The first-order chi connectivity index (χ1) is 17.4. The molecule has 1 aromatic heterocycles. The molecule has 0 spiro atoms. The third-order valence-corrected chi connectivity index (χ3v) is 8.46. The number of amides is 1. The number of benzene rings is 3. The first-order valence-corrected chi connectivity index (χ1v) is 13.4. The number of hydrogen-bond acceptors (Lipinski definition) is 5. The summed E-state index contributed by atoms with van der Waals surface area (Å²) < 4.78 is 69.8. The van der Waals surface area contributed by atoms with E-state index in [1.165, 1.54) is 24.3 Å². The molecule has 37 heavy (non-hydrogen) atoms. The summed E-state index contributed by atoms with van der Waals surface area (Å²) in [6, 6.07) is 14.0. The van der Waals surface area contributed by atoms with E-state index < -0.39 is 39.9 Å². The predicted octanol–water partition coefficient (Wildman–Crippen LogP) is 5.59. The van der Waals surface area contributed by atoms with Crippen LogP contribution in [-0.4, -0.2) is 25.4 Å². The standard InChI is InChI=1S/C24H19ClF3N3O4S2/c1-2-30-19-11-9-16(13-21(19)36-23(30)33)29-22(32)14-31(37(34,35)17-6-4-3-5-7-17)20-12-15(24(26,27)28)8-10-18(20)25/h3-13H,2,14H2,1H3,(H,29,32). The second kappa shape index (κ2) is 10.2. The fourth-order valence-corrected chi connectivity index (χ4v) is 6.39. The third kappa shape index (κ3) is 5.50. The quantitative estimate of drug-likeness (QED) is 0.314. The Hall–Kier alpha value is -3.35. The van der Waals surface area contributed by atoms with Crippen LogP contribution in [0.3, 0.4) is 0 Å². The van der Waals surface area contributed by atoms with Crippen molar-refractivity contribution < 1.29 is 26.4 Å². The Bertz CT molecular complexity index is 1630. The molecule has 0 saturated heterocycles. The van der Waals surface area contributed by atoms with Crippen molar-refractivity contribution in [2.45, 2.75) is 24.5 Å². The average molecular weight is 570 g/mol. The second-order valence-corrected chi connectivity index (χ2v) is 11.1. The summed E-state index contributed by atoms with van der Waals surface area (Å²) in [4.78, 5) is 24.7. The van der Waals surface area contributed by atoms with Gasteiger partial charge in [-0.05, 0) is 55.5 Å². The molecule has 4 aromatic rings. The number of carbonyl (C=O) groups excluding carboxylic acids is 1. The molecule has 0 bridgehead atoms. The summed E-state index contributed by atoms with van der Waals surface area (Å²) in [5, 5.41) is 2.27. The van der Waals surface area contributed by atoms with Crippen LogP contribution in [0.15, 0.2) is 76.4 Å². The minimum atomic E-state index is -4.77. The number of hydrogen-bond donors (Lipinski definition) is 1. The van der Waals surface area contributed by atoms with Crippen molar-refractivity contribution in [1.29, 1.82) is 0 Å². The Kier molecular flexibility index (Phi) is 7.36. The van der Waals surface area contributed by atoms with Gasteiger partial charge in [-0.2, -0.15) is 13.2 Å². The molecule has 0 aliphatic heterocycles. The van der Waals surface area contributed by atoms with Crippen LogP contribution in [0.1, 0.15) is 12.5 Å². The molecule has 0 saturated carbocycles. The molecule has 4 rings (SSSR count). The molecular formula is C24H19ClF3N3O4S2. The van der Waals surface area contributed by atoms with Crippen molar-refractivity contribution in [2.24, 2.45) is 0 Å². The highest BCUT2D eigenvalue weighted by Crippen LogP contribution is 2.37. The van der Waals surface area contributed by atoms with Crippen molar-refractivity contribution in [1.82, 2.24) is 4.57 Å². The number of anilines is 2. The van der Waals surface area contributed by atoms with Crippen molar-refractivity contribution in [2.75, 3.05) is 16.2 Å². The lowest BCUT2D eigenvalue weighted by Gasteiger charge is -2.26. The monoisotopic (exact) mass is 569 g/mol. The van der Waals surface area contributed by atoms with Crippen molar-refractivity contribution in [3.8, 4) is 0 Å². The van der Waals surface area contributed by atoms with Gasteiger partial charge in [-0.1, -0.05) is 41.1 Å². The molecule has 194 valence electrons. The number of sulfonamides is 1. The smallest absolute Gasteiger partial charge is 0.324 e. The zero-order valence-corrected chi connectivity index (χ0v) is 21.5. The van der Waals surface area contributed by atoms with Crippen LogP contribution in [-0.2, 0) is 27.5 Å². The zero-order chi connectivity index (χ0) is 27.0. The molecule has 1 heterocycles. The summed E-state index contributed by atoms with van der Waals surface area (Å²) in [5.41, 5.74) is -0.653. The summed E-state index contributed by atoms with van der Waals surface area (Å²) in [5.74, 6) is -0.824. The second-order valence-electron chi connectivity index (χ2n) is 7.83. The van der Waals surface area contributed by atoms with Gasteiger partial charge < -0.3 is 5.32 Å². The molecule has 1 amide bonds. The molecule has 0 aliphatic carbocycles. The maximum atomic E-state index is 13.5. The largest absolute Gasteiger partial charge is 0.416 e. The van der Waals surface area contributed by atoms with Crippen LogP contribution in [0.4, 0.5) is 24.5 Å². The van der Waals surface area contributed by atoms with E-state index >= 15 is 0 Å². The SMILES string of the molecule is CCn1c(=O)sc2cc(NC(=O)CN(c3cc(C(F)(F)F)ccc3Cl)S(=O)(=O)c3ccccc3)ccc21. The number of thiazole rings is 1. The van der Waals surface area contributed by atoms with Crippen LogP contribution < -0.4 is 14.5 Å². The number of nitrogens with zero attached hydrogens (tertiary/aromatic N) is 2. The van der Waals surface area contributed by atoms with Crippen LogP contribution in [0.25, 0.3) is 10.2 Å². The predicted molar refractivity (Wildman–Crippen MR) is 138 cm³/mol. The fraction of sp³-hybridized carbons (Fsp3) is 0.167. The summed E-state index contributed by atoms with van der Waals surface area (Å²) in [6.45, 7) is 1.43. The van der Waals surface area contributed by atoms with Gasteiger partial charge in [-0.15, -0.1) is 0 Å². The lowest BCUT2D eigenvalue weighted by atomic mass is 10.2. The maximum Gasteiger partial charge on any atom is 0.416 e. The first-order valence-electron chi connectivity index (χ1n) is 10.8. The molecule has 7 nitrogen and oxygen atoms in total. The summed E-state index contributed by atoms with van der Waals surface area (Å²) in [7, 11) is -4.49. The highest BCUT2D eigenvalue weighted by molar-refractivity contribution is 7.92. The van der Waals surface area contributed by atoms with Crippen LogP contribution in [0, 0.1) is 0 Å². The van der Waals surface area contributed by atoms with Gasteiger partial charge in [0, 0.05) is 12.2 Å². The molecule has 13 heteroatoms. The lowest BCUT2D eigenvalue weighted by molar-refractivity contribution is -0.137. The van der Waals surface area contributed by atoms with Gasteiger partial charge >= 0.3 is 11.0 Å². The maximum absolute atomic E-state index is 13.5. The Morgan fingerprint density at radius 1 is 1.08 bits per heavy atom. The van der Waals surface area contributed by atoms with Crippen molar-refractivity contribution >= 4 is 60.5 Å². The molecular weight excluding hydrogens is 551 g/mol. The van der Waals surface area contributed by atoms with Gasteiger partial charge in [-0.25, -0.2) is 8.42 Å². The number of rotatable bonds is 7. The van der Waals surface area contributed by atoms with Gasteiger partial charge in [0.25, 0.3) is 10.0 Å². The Morgan fingerprint density at radius 2 is 1.78 bits per heavy atom. The normalized spacial score (nSPS) is 12.0. The number of carbonyl (C=O) groups is 1. The highest BCUT2D eigenvalue weighted by Gasteiger charge is 2.34. The number of alkyl halides is 3. The summed E-state index contributed by atoms with van der Waals surface area (Å²) in [6.07, 6.45) is -4.77. The molecule has 3 aromatic carbocycles. The Labute approximate surface area is 218 Å². The van der Waals surface area contributed by atoms with Crippen LogP contribution in [0.5, 0.6) is 0 Å². The fourth-order valence-electron chi connectivity index (χ4n) is 3.67. The van der Waals surface area contributed by atoms with E-state index in [4.69, 9.17) is 11.6 Å². The number of fused-ring (bicyclic) bond motifs is 1. The Morgan fingerprint density at radius 3 is 2.43 bits per heavy atom. The van der Waals surface area contributed by atoms with E-state index in [1.54, 1.807) is 28.8 Å². The summed E-state index contributed by atoms with van der Waals surface area (Å²) >= 11 is 7.13. The van der Waals surface area contributed by atoms with Gasteiger partial charge in [0.15, 0.2) is 0 Å². The number of aryl methyl sites for hydroxylation is 1. The Balaban J connectivity index is 1.72. The number of halogens is 4. The minimum Gasteiger partial charge on any atom is -0.324 e. The van der Waals surface area contributed by atoms with E-state index in [0.717, 1.165) is 23.5 Å². The molecule has 0 radical (unpaired) electrons. The van der Waals surface area contributed by atoms with Crippen LogP contribution in [0.2, 0.25) is 5.02 Å². The zero-order valence-electron chi connectivity index (χ0n) is 19.1. The molecule has 1 N–H and O–H groups in total. The van der Waals surface area contributed by atoms with E-state index in [1.807, 2.05) is 6.92 Å². The van der Waals surface area contributed by atoms with Gasteiger partial charge in [0.05, 0.1) is 31.4 Å².